The Bertz CT molecular complexity index is 1040. The molecule has 0 radical (unpaired) electrons. The van der Waals surface area contributed by atoms with Crippen LogP contribution in [0.5, 0.6) is 11.5 Å². The SMILES string of the molecule is COc1ccc(CNC(=O)c2c(C)oc3nc[nH]c(=O)c23)cc1OC(F)F. The maximum Gasteiger partial charge on any atom is 0.387 e. The van der Waals surface area contributed by atoms with Crippen LogP contribution in [0.15, 0.2) is 33.7 Å². The lowest BCUT2D eigenvalue weighted by Gasteiger charge is -2.12. The highest BCUT2D eigenvalue weighted by Crippen LogP contribution is 2.29. The highest BCUT2D eigenvalue weighted by atomic mass is 19.3. The van der Waals surface area contributed by atoms with Crippen LogP contribution in [-0.2, 0) is 6.54 Å². The molecular formula is C17H15F2N3O5. The number of rotatable bonds is 6. The van der Waals surface area contributed by atoms with Crippen molar-refractivity contribution in [3.63, 3.8) is 0 Å². The Balaban J connectivity index is 1.82. The summed E-state index contributed by atoms with van der Waals surface area (Å²) in [6, 6.07) is 4.37. The number of methoxy groups -OCH3 is 1. The number of hydrogen-bond donors (Lipinski definition) is 2. The van der Waals surface area contributed by atoms with Crippen molar-refractivity contribution in [1.29, 1.82) is 0 Å². The number of aromatic amines is 1. The molecule has 0 spiro atoms. The summed E-state index contributed by atoms with van der Waals surface area (Å²) in [6.45, 7) is -1.46. The van der Waals surface area contributed by atoms with Crippen molar-refractivity contribution in [1.82, 2.24) is 15.3 Å². The first-order valence-electron chi connectivity index (χ1n) is 7.77. The van der Waals surface area contributed by atoms with Crippen molar-refractivity contribution in [3.05, 3.63) is 51.8 Å². The van der Waals surface area contributed by atoms with E-state index in [4.69, 9.17) is 9.15 Å². The number of furan rings is 1. The number of fused-ring (bicyclic) bond motifs is 1. The zero-order valence-electron chi connectivity index (χ0n) is 14.3. The number of carbonyl (C=O) groups is 1. The third-order valence-electron chi connectivity index (χ3n) is 3.79. The zero-order chi connectivity index (χ0) is 19.6. The molecule has 3 rings (SSSR count). The molecule has 0 atom stereocenters. The summed E-state index contributed by atoms with van der Waals surface area (Å²) < 4.78 is 39.7. The molecule has 1 aromatic carbocycles. The van der Waals surface area contributed by atoms with Crippen molar-refractivity contribution in [2.45, 2.75) is 20.1 Å². The maximum absolute atomic E-state index is 12.5. The van der Waals surface area contributed by atoms with Crippen molar-refractivity contribution < 1.29 is 27.5 Å². The van der Waals surface area contributed by atoms with Gasteiger partial charge in [-0.3, -0.25) is 9.59 Å². The van der Waals surface area contributed by atoms with E-state index in [-0.39, 0.29) is 40.5 Å². The van der Waals surface area contributed by atoms with Crippen molar-refractivity contribution >= 4 is 17.0 Å². The second-order valence-electron chi connectivity index (χ2n) is 5.49. The largest absolute Gasteiger partial charge is 0.493 e. The first-order valence-corrected chi connectivity index (χ1v) is 7.77. The van der Waals surface area contributed by atoms with E-state index in [2.05, 4.69) is 20.0 Å². The normalized spacial score (nSPS) is 11.0. The van der Waals surface area contributed by atoms with Gasteiger partial charge in [0.2, 0.25) is 5.71 Å². The van der Waals surface area contributed by atoms with E-state index in [0.29, 0.717) is 5.56 Å². The number of H-pyrrole nitrogens is 1. The first-order chi connectivity index (χ1) is 12.9. The number of aromatic nitrogens is 2. The van der Waals surface area contributed by atoms with Gasteiger partial charge in [0.25, 0.3) is 11.5 Å². The Kier molecular flexibility index (Phi) is 5.06. The summed E-state index contributed by atoms with van der Waals surface area (Å²) in [5.74, 6) is -0.329. The number of aryl methyl sites for hydroxylation is 1. The van der Waals surface area contributed by atoms with Crippen LogP contribution in [0.1, 0.15) is 21.7 Å². The number of nitrogens with one attached hydrogen (secondary N) is 2. The molecule has 0 bridgehead atoms. The van der Waals surface area contributed by atoms with E-state index >= 15 is 0 Å². The van der Waals surface area contributed by atoms with Gasteiger partial charge >= 0.3 is 6.61 Å². The van der Waals surface area contributed by atoms with E-state index in [1.165, 1.54) is 32.5 Å². The number of hydrogen-bond acceptors (Lipinski definition) is 6. The average molecular weight is 379 g/mol. The smallest absolute Gasteiger partial charge is 0.387 e. The molecule has 27 heavy (non-hydrogen) atoms. The standard InChI is InChI=1S/C17H15F2N3O5/c1-8-12(13-15(24)21-7-22-16(13)26-8)14(23)20-6-9-3-4-10(25-2)11(5-9)27-17(18)19/h3-5,7,17H,6H2,1-2H3,(H,20,23)(H,21,22,24). The lowest BCUT2D eigenvalue weighted by atomic mass is 10.1. The molecule has 0 saturated carbocycles. The summed E-state index contributed by atoms with van der Waals surface area (Å²) in [5.41, 5.74) is 0.117. The van der Waals surface area contributed by atoms with Gasteiger partial charge in [0, 0.05) is 6.54 Å². The minimum atomic E-state index is -3.01. The molecule has 10 heteroatoms. The van der Waals surface area contributed by atoms with Gasteiger partial charge in [-0.05, 0) is 24.6 Å². The van der Waals surface area contributed by atoms with Gasteiger partial charge < -0.3 is 24.2 Å². The third-order valence-corrected chi connectivity index (χ3v) is 3.79. The summed E-state index contributed by atoms with van der Waals surface area (Å²) in [5, 5.41) is 2.66. The van der Waals surface area contributed by atoms with Crippen molar-refractivity contribution in [2.24, 2.45) is 0 Å². The molecule has 2 aromatic heterocycles. The monoisotopic (exact) mass is 379 g/mol. The van der Waals surface area contributed by atoms with Crippen molar-refractivity contribution in [2.75, 3.05) is 7.11 Å². The van der Waals surface area contributed by atoms with Crippen LogP contribution in [0.25, 0.3) is 11.1 Å². The molecule has 0 saturated heterocycles. The fourth-order valence-corrected chi connectivity index (χ4v) is 2.62. The van der Waals surface area contributed by atoms with E-state index in [0.717, 1.165) is 0 Å². The molecule has 8 nitrogen and oxygen atoms in total. The predicted molar refractivity (Wildman–Crippen MR) is 90.2 cm³/mol. The lowest BCUT2D eigenvalue weighted by molar-refractivity contribution is -0.0512. The fourth-order valence-electron chi connectivity index (χ4n) is 2.62. The van der Waals surface area contributed by atoms with Crippen LogP contribution in [0.2, 0.25) is 0 Å². The number of halogens is 2. The number of carbonyl (C=O) groups excluding carboxylic acids is 1. The Morgan fingerprint density at radius 3 is 2.85 bits per heavy atom. The molecule has 2 heterocycles. The number of ether oxygens (including phenoxy) is 2. The molecule has 0 aliphatic carbocycles. The first kappa shape index (κ1) is 18.4. The molecule has 0 unspecified atom stereocenters. The lowest BCUT2D eigenvalue weighted by Crippen LogP contribution is -2.24. The van der Waals surface area contributed by atoms with Gasteiger partial charge in [-0.1, -0.05) is 6.07 Å². The topological polar surface area (TPSA) is 106 Å². The number of amides is 1. The van der Waals surface area contributed by atoms with E-state index < -0.39 is 18.1 Å². The van der Waals surface area contributed by atoms with E-state index in [1.54, 1.807) is 6.07 Å². The molecule has 0 aliphatic rings. The van der Waals surface area contributed by atoms with Gasteiger partial charge in [-0.2, -0.15) is 8.78 Å². The van der Waals surface area contributed by atoms with E-state index in [1.807, 2.05) is 0 Å². The molecule has 142 valence electrons. The van der Waals surface area contributed by atoms with Crippen LogP contribution >= 0.6 is 0 Å². The average Bonchev–Trinajstić information content (AvgIpc) is 2.96. The van der Waals surface area contributed by atoms with Crippen LogP contribution < -0.4 is 20.3 Å². The summed E-state index contributed by atoms with van der Waals surface area (Å²) in [4.78, 5) is 30.8. The zero-order valence-corrected chi connectivity index (χ0v) is 14.3. The van der Waals surface area contributed by atoms with Gasteiger partial charge in [-0.25, -0.2) is 4.98 Å². The van der Waals surface area contributed by atoms with Crippen LogP contribution in [0, 0.1) is 6.92 Å². The van der Waals surface area contributed by atoms with Gasteiger partial charge in [-0.15, -0.1) is 0 Å². The van der Waals surface area contributed by atoms with E-state index in [9.17, 15) is 18.4 Å². The number of benzene rings is 1. The Morgan fingerprint density at radius 1 is 1.37 bits per heavy atom. The molecule has 0 fully saturated rings. The number of alkyl halides is 2. The van der Waals surface area contributed by atoms with Crippen LogP contribution in [0.4, 0.5) is 8.78 Å². The molecule has 2 N–H and O–H groups in total. The quantitative estimate of drug-likeness (QED) is 0.681. The Labute approximate surface area is 151 Å². The second-order valence-corrected chi connectivity index (χ2v) is 5.49. The molecule has 1 amide bonds. The minimum Gasteiger partial charge on any atom is -0.493 e. The van der Waals surface area contributed by atoms with Crippen molar-refractivity contribution in [3.8, 4) is 11.5 Å². The van der Waals surface area contributed by atoms with Gasteiger partial charge in [0.1, 0.15) is 11.1 Å². The fraction of sp³-hybridized carbons (Fsp3) is 0.235. The molecular weight excluding hydrogens is 364 g/mol. The Morgan fingerprint density at radius 2 is 2.15 bits per heavy atom. The summed E-state index contributed by atoms with van der Waals surface area (Å²) in [6.07, 6.45) is 1.18. The summed E-state index contributed by atoms with van der Waals surface area (Å²) >= 11 is 0. The summed E-state index contributed by atoms with van der Waals surface area (Å²) in [7, 11) is 1.33. The highest BCUT2D eigenvalue weighted by molar-refractivity contribution is 6.06. The molecule has 0 aliphatic heterocycles. The Hall–Kier alpha value is -3.43. The maximum atomic E-state index is 12.5. The van der Waals surface area contributed by atoms with Crippen LogP contribution in [-0.4, -0.2) is 29.6 Å². The number of nitrogens with zero attached hydrogens (tertiary/aromatic N) is 1. The van der Waals surface area contributed by atoms with Gasteiger partial charge in [0.15, 0.2) is 11.5 Å². The predicted octanol–water partition coefficient (Wildman–Crippen LogP) is 2.36. The highest BCUT2D eigenvalue weighted by Gasteiger charge is 2.21. The van der Waals surface area contributed by atoms with Gasteiger partial charge in [0.05, 0.1) is 19.0 Å². The molecule has 3 aromatic rings. The second kappa shape index (κ2) is 7.44. The third kappa shape index (κ3) is 3.73. The van der Waals surface area contributed by atoms with Crippen LogP contribution in [0.3, 0.4) is 0 Å². The minimum absolute atomic E-state index is 0.00665.